The zero-order chi connectivity index (χ0) is 9.35. The average Bonchev–Trinajstić information content (AvgIpc) is 2.15. The number of Topliss-reactive ketones (excluding diaryl/α,β-unsaturated/α-hetero) is 2. The highest BCUT2D eigenvalue weighted by molar-refractivity contribution is 5.89. The fourth-order valence-corrected chi connectivity index (χ4v) is 1.91. The van der Waals surface area contributed by atoms with Crippen molar-refractivity contribution in [1.82, 2.24) is 0 Å². The van der Waals surface area contributed by atoms with Crippen LogP contribution in [0.4, 0.5) is 0 Å². The van der Waals surface area contributed by atoms with Crippen molar-refractivity contribution in [3.63, 3.8) is 0 Å². The zero-order valence-electron chi connectivity index (χ0n) is 8.02. The molecule has 1 rings (SSSR count). The third-order valence-corrected chi connectivity index (χ3v) is 2.84. The number of ketones is 2. The maximum absolute atomic E-state index is 11.4. The maximum Gasteiger partial charge on any atom is 0.136 e. The van der Waals surface area contributed by atoms with Crippen molar-refractivity contribution in [1.29, 1.82) is 0 Å². The molecule has 2 heteroatoms. The molecule has 0 aromatic rings. The van der Waals surface area contributed by atoms with Crippen molar-refractivity contribution < 1.29 is 9.59 Å². The molecule has 0 aromatic carbocycles. The Morgan fingerprint density at radius 1 is 1.58 bits per heavy atom. The highest BCUT2D eigenvalue weighted by Gasteiger charge is 2.41. The van der Waals surface area contributed by atoms with Crippen molar-refractivity contribution in [2.24, 2.45) is 11.3 Å². The largest absolute Gasteiger partial charge is 0.300 e. The van der Waals surface area contributed by atoms with Gasteiger partial charge in [0.25, 0.3) is 0 Å². The van der Waals surface area contributed by atoms with E-state index in [0.717, 1.165) is 6.42 Å². The average molecular weight is 168 g/mol. The Morgan fingerprint density at radius 3 is 2.50 bits per heavy atom. The van der Waals surface area contributed by atoms with Gasteiger partial charge in [-0.1, -0.05) is 13.8 Å². The lowest BCUT2D eigenvalue weighted by Gasteiger charge is -2.24. The molecule has 0 amide bonds. The summed E-state index contributed by atoms with van der Waals surface area (Å²) < 4.78 is 0. The van der Waals surface area contributed by atoms with Crippen LogP contribution in [0, 0.1) is 11.3 Å². The third-order valence-electron chi connectivity index (χ3n) is 2.84. The Balaban J connectivity index is 2.71. The Kier molecular flexibility index (Phi) is 2.36. The molecule has 1 saturated carbocycles. The topological polar surface area (TPSA) is 34.1 Å². The minimum Gasteiger partial charge on any atom is -0.300 e. The van der Waals surface area contributed by atoms with Gasteiger partial charge in [0.2, 0.25) is 0 Å². The lowest BCUT2D eigenvalue weighted by Crippen LogP contribution is -2.24. The Hall–Kier alpha value is -0.660. The van der Waals surface area contributed by atoms with E-state index >= 15 is 0 Å². The minimum atomic E-state index is -0.0185. The van der Waals surface area contributed by atoms with E-state index in [2.05, 4.69) is 13.8 Å². The van der Waals surface area contributed by atoms with E-state index in [1.54, 1.807) is 6.92 Å². The first-order valence-electron chi connectivity index (χ1n) is 4.45. The highest BCUT2D eigenvalue weighted by atomic mass is 16.1. The summed E-state index contributed by atoms with van der Waals surface area (Å²) in [6.07, 6.45) is 2.03. The normalized spacial score (nSPS) is 27.6. The predicted octanol–water partition coefficient (Wildman–Crippen LogP) is 1.97. The summed E-state index contributed by atoms with van der Waals surface area (Å²) >= 11 is 0. The van der Waals surface area contributed by atoms with Gasteiger partial charge in [-0.15, -0.1) is 0 Å². The molecule has 0 bridgehead atoms. The van der Waals surface area contributed by atoms with Crippen molar-refractivity contribution in [3.8, 4) is 0 Å². The molecule has 0 heterocycles. The molecule has 1 unspecified atom stereocenters. The summed E-state index contributed by atoms with van der Waals surface area (Å²) in [4.78, 5) is 22.3. The number of rotatable bonds is 2. The van der Waals surface area contributed by atoms with Crippen molar-refractivity contribution in [2.45, 2.75) is 40.0 Å². The summed E-state index contributed by atoms with van der Waals surface area (Å²) in [6, 6.07) is 0. The van der Waals surface area contributed by atoms with Crippen LogP contribution in [0.5, 0.6) is 0 Å². The van der Waals surface area contributed by atoms with Crippen molar-refractivity contribution >= 4 is 11.6 Å². The van der Waals surface area contributed by atoms with Crippen LogP contribution >= 0.6 is 0 Å². The van der Waals surface area contributed by atoms with Gasteiger partial charge in [0.05, 0.1) is 0 Å². The minimum absolute atomic E-state index is 0.0185. The number of hydrogen-bond acceptors (Lipinski definition) is 2. The summed E-state index contributed by atoms with van der Waals surface area (Å²) in [5.41, 5.74) is 0.0444. The fourth-order valence-electron chi connectivity index (χ4n) is 1.91. The van der Waals surface area contributed by atoms with Crippen molar-refractivity contribution in [3.05, 3.63) is 0 Å². The van der Waals surface area contributed by atoms with Crippen LogP contribution in [0.2, 0.25) is 0 Å². The third kappa shape index (κ3) is 1.74. The maximum atomic E-state index is 11.4. The second kappa shape index (κ2) is 3.00. The van der Waals surface area contributed by atoms with Gasteiger partial charge in [-0.05, 0) is 18.8 Å². The van der Waals surface area contributed by atoms with E-state index in [4.69, 9.17) is 0 Å². The molecule has 0 aromatic heterocycles. The van der Waals surface area contributed by atoms with E-state index < -0.39 is 0 Å². The van der Waals surface area contributed by atoms with E-state index in [0.29, 0.717) is 12.8 Å². The SMILES string of the molecule is CC(=O)CC1C(=O)CCC1(C)C. The fraction of sp³-hybridized carbons (Fsp3) is 0.800. The van der Waals surface area contributed by atoms with E-state index in [1.165, 1.54) is 0 Å². The van der Waals surface area contributed by atoms with Gasteiger partial charge in [0.15, 0.2) is 0 Å². The van der Waals surface area contributed by atoms with Crippen LogP contribution < -0.4 is 0 Å². The van der Waals surface area contributed by atoms with Gasteiger partial charge in [0, 0.05) is 18.8 Å². The van der Waals surface area contributed by atoms with Gasteiger partial charge in [-0.2, -0.15) is 0 Å². The molecule has 1 fully saturated rings. The van der Waals surface area contributed by atoms with Crippen LogP contribution in [0.3, 0.4) is 0 Å². The molecule has 0 radical (unpaired) electrons. The van der Waals surface area contributed by atoms with E-state index in [9.17, 15) is 9.59 Å². The first kappa shape index (κ1) is 9.43. The van der Waals surface area contributed by atoms with Gasteiger partial charge in [-0.3, -0.25) is 4.79 Å². The summed E-state index contributed by atoms with van der Waals surface area (Å²) in [6.45, 7) is 5.71. The molecule has 0 N–H and O–H groups in total. The molecule has 0 saturated heterocycles. The molecule has 12 heavy (non-hydrogen) atoms. The molecule has 1 aliphatic carbocycles. The second-order valence-corrected chi connectivity index (χ2v) is 4.41. The smallest absolute Gasteiger partial charge is 0.136 e. The summed E-state index contributed by atoms with van der Waals surface area (Å²) in [5.74, 6) is 0.383. The first-order valence-corrected chi connectivity index (χ1v) is 4.45. The van der Waals surface area contributed by atoms with Gasteiger partial charge < -0.3 is 4.79 Å². The number of carbonyl (C=O) groups excluding carboxylic acids is 2. The van der Waals surface area contributed by atoms with Crippen LogP contribution in [0.1, 0.15) is 40.0 Å². The zero-order valence-corrected chi connectivity index (χ0v) is 8.02. The Bertz CT molecular complexity index is 216. The lowest BCUT2D eigenvalue weighted by atomic mass is 9.79. The van der Waals surface area contributed by atoms with Gasteiger partial charge in [0.1, 0.15) is 11.6 Å². The summed E-state index contributed by atoms with van der Waals surface area (Å²) in [7, 11) is 0. The van der Waals surface area contributed by atoms with Crippen molar-refractivity contribution in [2.75, 3.05) is 0 Å². The lowest BCUT2D eigenvalue weighted by molar-refractivity contribution is -0.127. The molecule has 68 valence electrons. The van der Waals surface area contributed by atoms with E-state index in [1.807, 2.05) is 0 Å². The van der Waals surface area contributed by atoms with Gasteiger partial charge >= 0.3 is 0 Å². The molecular formula is C10H16O2. The highest BCUT2D eigenvalue weighted by Crippen LogP contribution is 2.42. The number of hydrogen-bond donors (Lipinski definition) is 0. The van der Waals surface area contributed by atoms with Crippen LogP contribution in [-0.2, 0) is 9.59 Å². The van der Waals surface area contributed by atoms with E-state index in [-0.39, 0.29) is 22.9 Å². The first-order chi connectivity index (χ1) is 5.43. The molecule has 0 aliphatic heterocycles. The van der Waals surface area contributed by atoms with Crippen LogP contribution in [0.15, 0.2) is 0 Å². The molecular weight excluding hydrogens is 152 g/mol. The standard InChI is InChI=1S/C10H16O2/c1-7(11)6-8-9(12)4-5-10(8,2)3/h8H,4-6H2,1-3H3. The number of carbonyl (C=O) groups is 2. The quantitative estimate of drug-likeness (QED) is 0.631. The van der Waals surface area contributed by atoms with Crippen LogP contribution in [-0.4, -0.2) is 11.6 Å². The molecule has 2 nitrogen and oxygen atoms in total. The predicted molar refractivity (Wildman–Crippen MR) is 46.8 cm³/mol. The molecule has 0 spiro atoms. The molecule has 1 aliphatic rings. The van der Waals surface area contributed by atoms with Crippen LogP contribution in [0.25, 0.3) is 0 Å². The summed E-state index contributed by atoms with van der Waals surface area (Å²) in [5, 5.41) is 0. The Labute approximate surface area is 73.3 Å². The monoisotopic (exact) mass is 168 g/mol. The van der Waals surface area contributed by atoms with Gasteiger partial charge in [-0.25, -0.2) is 0 Å². The Morgan fingerprint density at radius 2 is 2.17 bits per heavy atom. The second-order valence-electron chi connectivity index (χ2n) is 4.41. The molecule has 1 atom stereocenters.